The number of aryl methyl sites for hydroxylation is 1. The van der Waals surface area contributed by atoms with Crippen molar-refractivity contribution in [2.45, 2.75) is 72.4 Å². The van der Waals surface area contributed by atoms with Crippen molar-refractivity contribution in [1.82, 2.24) is 18.7 Å². The molecular weight excluding hydrogens is 451 g/mol. The predicted molar refractivity (Wildman–Crippen MR) is 141 cm³/mol. The molecule has 0 spiro atoms. The number of hydrogen-bond donors (Lipinski definition) is 2. The molecule has 0 amide bonds. The van der Waals surface area contributed by atoms with E-state index in [1.807, 2.05) is 13.8 Å². The van der Waals surface area contributed by atoms with Crippen LogP contribution in [0.2, 0.25) is 0 Å². The van der Waals surface area contributed by atoms with Crippen LogP contribution in [0.15, 0.2) is 45.0 Å². The molecule has 9 nitrogen and oxygen atoms in total. The maximum absolute atomic E-state index is 13.8. The number of hydrogen-bond acceptors (Lipinski definition) is 6. The number of halogens is 1. The van der Waals surface area contributed by atoms with Gasteiger partial charge in [0.25, 0.3) is 5.56 Å². The van der Waals surface area contributed by atoms with E-state index in [2.05, 4.69) is 18.8 Å². The fourth-order valence-electron chi connectivity index (χ4n) is 3.55. The Morgan fingerprint density at radius 2 is 1.83 bits per heavy atom. The molecule has 0 saturated heterocycles. The van der Waals surface area contributed by atoms with Crippen molar-refractivity contribution in [1.29, 1.82) is 0 Å². The standard InChI is InChI=1S/C16H18FN5O3.C7H17N.C2H6/c1-20-13-12(14(23)21(2)16(20)24)22(15(18)19-13)8-9-7-10(17)5-4-6-11(9)25-3;1-3-4-5-6-7(2)8;1-2/h5-7H,4,8H2,1-3H3,(H2,18,19);7H,3-6,8H2,1-2H3;1-2H3. The molecule has 35 heavy (non-hydrogen) atoms. The average Bonchev–Trinajstić information content (AvgIpc) is 3.04. The highest BCUT2D eigenvalue weighted by atomic mass is 19.1. The molecule has 0 fully saturated rings. The smallest absolute Gasteiger partial charge is 0.332 e. The fourth-order valence-corrected chi connectivity index (χ4v) is 3.55. The monoisotopic (exact) mass is 492 g/mol. The lowest BCUT2D eigenvalue weighted by atomic mass is 10.1. The zero-order valence-electron chi connectivity index (χ0n) is 22.1. The van der Waals surface area contributed by atoms with Crippen LogP contribution < -0.4 is 22.7 Å². The Bertz CT molecular complexity index is 1180. The van der Waals surface area contributed by atoms with Gasteiger partial charge in [-0.15, -0.1) is 0 Å². The predicted octanol–water partition coefficient (Wildman–Crippen LogP) is 3.67. The Balaban J connectivity index is 0.000000523. The van der Waals surface area contributed by atoms with E-state index in [-0.39, 0.29) is 23.7 Å². The minimum Gasteiger partial charge on any atom is -0.497 e. The average molecular weight is 493 g/mol. The number of aromatic nitrogens is 4. The zero-order chi connectivity index (χ0) is 26.7. The number of allylic oxidation sites excluding steroid dienone is 5. The minimum atomic E-state index is -0.518. The number of nitrogens with two attached hydrogens (primary N) is 2. The molecule has 2 aromatic rings. The molecule has 1 aliphatic rings. The van der Waals surface area contributed by atoms with Gasteiger partial charge in [-0.05, 0) is 38.0 Å². The Hall–Kier alpha value is -3.14. The maximum atomic E-state index is 13.8. The van der Waals surface area contributed by atoms with Gasteiger partial charge < -0.3 is 16.2 Å². The Labute approximate surface area is 206 Å². The van der Waals surface area contributed by atoms with E-state index in [0.717, 1.165) is 4.57 Å². The summed E-state index contributed by atoms with van der Waals surface area (Å²) in [7, 11) is 4.38. The molecule has 0 radical (unpaired) electrons. The zero-order valence-corrected chi connectivity index (χ0v) is 22.1. The van der Waals surface area contributed by atoms with Crippen molar-refractivity contribution in [2.75, 3.05) is 12.8 Å². The number of anilines is 1. The van der Waals surface area contributed by atoms with Crippen LogP contribution in [0.4, 0.5) is 10.3 Å². The Morgan fingerprint density at radius 3 is 2.40 bits per heavy atom. The van der Waals surface area contributed by atoms with E-state index >= 15 is 0 Å². The highest BCUT2D eigenvalue weighted by Crippen LogP contribution is 2.24. The van der Waals surface area contributed by atoms with Gasteiger partial charge in [0.1, 0.15) is 11.6 Å². The number of nitrogen functional groups attached to an aromatic ring is 1. The van der Waals surface area contributed by atoms with Gasteiger partial charge >= 0.3 is 5.69 Å². The summed E-state index contributed by atoms with van der Waals surface area (Å²) in [6, 6.07) is 0.404. The van der Waals surface area contributed by atoms with Gasteiger partial charge in [0.05, 0.1) is 13.7 Å². The summed E-state index contributed by atoms with van der Waals surface area (Å²) in [4.78, 5) is 28.7. The summed E-state index contributed by atoms with van der Waals surface area (Å²) in [5.41, 5.74) is 11.3. The Morgan fingerprint density at radius 1 is 1.17 bits per heavy atom. The molecule has 0 aromatic carbocycles. The quantitative estimate of drug-likeness (QED) is 0.569. The summed E-state index contributed by atoms with van der Waals surface area (Å²) in [5, 5.41) is 0. The van der Waals surface area contributed by atoms with Gasteiger partial charge in [0.2, 0.25) is 5.95 Å². The van der Waals surface area contributed by atoms with Crippen LogP contribution >= 0.6 is 0 Å². The second-order valence-electron chi connectivity index (χ2n) is 8.17. The van der Waals surface area contributed by atoms with Crippen LogP contribution in [-0.4, -0.2) is 31.8 Å². The third kappa shape index (κ3) is 7.68. The molecule has 0 bridgehead atoms. The van der Waals surface area contributed by atoms with Crippen LogP contribution in [-0.2, 0) is 25.4 Å². The van der Waals surface area contributed by atoms with E-state index < -0.39 is 17.1 Å². The largest absolute Gasteiger partial charge is 0.497 e. The van der Waals surface area contributed by atoms with Crippen LogP contribution in [0, 0.1) is 0 Å². The first kappa shape index (κ1) is 29.9. The topological polar surface area (TPSA) is 123 Å². The molecule has 1 aliphatic carbocycles. The fraction of sp³-hybridized carbons (Fsp3) is 0.560. The number of methoxy groups -OCH3 is 1. The van der Waals surface area contributed by atoms with E-state index in [1.54, 1.807) is 6.08 Å². The third-order valence-electron chi connectivity index (χ3n) is 5.43. The van der Waals surface area contributed by atoms with Crippen molar-refractivity contribution < 1.29 is 9.13 Å². The summed E-state index contributed by atoms with van der Waals surface area (Å²) in [6.07, 6.45) is 10.0. The van der Waals surface area contributed by atoms with E-state index in [9.17, 15) is 14.0 Å². The van der Waals surface area contributed by atoms with Crippen LogP contribution in [0.1, 0.15) is 59.8 Å². The molecular formula is C25H41FN6O3. The second-order valence-corrected chi connectivity index (χ2v) is 8.17. The van der Waals surface area contributed by atoms with Crippen LogP contribution in [0.3, 0.4) is 0 Å². The molecule has 0 saturated carbocycles. The van der Waals surface area contributed by atoms with Crippen molar-refractivity contribution >= 4 is 17.1 Å². The summed E-state index contributed by atoms with van der Waals surface area (Å²) in [6.45, 7) is 8.35. The van der Waals surface area contributed by atoms with Gasteiger partial charge in [-0.2, -0.15) is 4.98 Å². The van der Waals surface area contributed by atoms with E-state index in [0.29, 0.717) is 23.8 Å². The van der Waals surface area contributed by atoms with Gasteiger partial charge in [-0.25, -0.2) is 9.18 Å². The third-order valence-corrected chi connectivity index (χ3v) is 5.43. The molecule has 2 aromatic heterocycles. The number of imidazole rings is 1. The van der Waals surface area contributed by atoms with Gasteiger partial charge in [-0.1, -0.05) is 40.0 Å². The first-order valence-corrected chi connectivity index (χ1v) is 12.1. The van der Waals surface area contributed by atoms with Gasteiger partial charge in [0, 0.05) is 25.7 Å². The normalized spacial score (nSPS) is 13.9. The van der Waals surface area contributed by atoms with E-state index in [4.69, 9.17) is 16.2 Å². The second kappa shape index (κ2) is 14.3. The highest BCUT2D eigenvalue weighted by Gasteiger charge is 2.20. The van der Waals surface area contributed by atoms with Crippen molar-refractivity contribution in [3.63, 3.8) is 0 Å². The number of fused-ring (bicyclic) bond motifs is 1. The highest BCUT2D eigenvalue weighted by molar-refractivity contribution is 5.74. The lowest BCUT2D eigenvalue weighted by Crippen LogP contribution is -2.37. The number of nitrogens with zero attached hydrogens (tertiary/aromatic N) is 4. The van der Waals surface area contributed by atoms with Gasteiger partial charge in [-0.3, -0.25) is 18.5 Å². The number of rotatable bonds is 7. The molecule has 1 atom stereocenters. The van der Waals surface area contributed by atoms with Crippen molar-refractivity contribution in [3.05, 3.63) is 56.2 Å². The number of ether oxygens (including phenoxy) is 1. The maximum Gasteiger partial charge on any atom is 0.332 e. The minimum absolute atomic E-state index is 0.0540. The molecule has 4 N–H and O–H groups in total. The van der Waals surface area contributed by atoms with Gasteiger partial charge in [0.15, 0.2) is 11.2 Å². The molecule has 3 rings (SSSR count). The van der Waals surface area contributed by atoms with Crippen LogP contribution in [0.25, 0.3) is 11.2 Å². The first-order chi connectivity index (χ1) is 16.6. The molecule has 2 heterocycles. The van der Waals surface area contributed by atoms with Crippen molar-refractivity contribution in [2.24, 2.45) is 19.8 Å². The van der Waals surface area contributed by atoms with Crippen LogP contribution in [0.5, 0.6) is 0 Å². The summed E-state index contributed by atoms with van der Waals surface area (Å²) < 4.78 is 22.8. The molecule has 1 unspecified atom stereocenters. The summed E-state index contributed by atoms with van der Waals surface area (Å²) >= 11 is 0. The van der Waals surface area contributed by atoms with Crippen molar-refractivity contribution in [3.8, 4) is 0 Å². The SMILES string of the molecule is CC.CCCCCC(C)N.COC1=CCC=C(F)C=C1Cn1c(N)nc2c1c(=O)n(C)c(=O)n2C. The molecule has 0 aliphatic heterocycles. The lowest BCUT2D eigenvalue weighted by molar-refractivity contribution is 0.296. The Kier molecular flexibility index (Phi) is 12.2. The molecule has 10 heteroatoms. The van der Waals surface area contributed by atoms with E-state index in [1.165, 1.54) is 68.2 Å². The number of unbranched alkanes of at least 4 members (excludes halogenated alkanes) is 2. The summed E-state index contributed by atoms with van der Waals surface area (Å²) in [5.74, 6) is 0.145. The molecule has 196 valence electrons. The lowest BCUT2D eigenvalue weighted by Gasteiger charge is -2.13. The first-order valence-electron chi connectivity index (χ1n) is 12.1.